The van der Waals surface area contributed by atoms with Crippen molar-refractivity contribution in [1.29, 1.82) is 0 Å². The van der Waals surface area contributed by atoms with Crippen molar-refractivity contribution in [3.8, 4) is 0 Å². The van der Waals surface area contributed by atoms with Gasteiger partial charge in [-0.25, -0.2) is 4.39 Å². The van der Waals surface area contributed by atoms with Crippen LogP contribution in [0.4, 0.5) is 4.39 Å². The summed E-state index contributed by atoms with van der Waals surface area (Å²) >= 11 is 14.5. The second kappa shape index (κ2) is 14.7. The van der Waals surface area contributed by atoms with Gasteiger partial charge in [0.25, 0.3) is 0 Å². The molecule has 8 heteroatoms. The van der Waals surface area contributed by atoms with Crippen molar-refractivity contribution < 1.29 is 14.0 Å². The summed E-state index contributed by atoms with van der Waals surface area (Å²) in [5.74, 6) is 0.0604. The molecule has 39 heavy (non-hydrogen) atoms. The van der Waals surface area contributed by atoms with Crippen LogP contribution < -0.4 is 5.32 Å². The summed E-state index contributed by atoms with van der Waals surface area (Å²) in [4.78, 5) is 29.3. The Morgan fingerprint density at radius 3 is 2.23 bits per heavy atom. The molecule has 1 aliphatic rings. The Labute approximate surface area is 244 Å². The fraction of sp³-hybridized carbons (Fsp3) is 0.355. The summed E-state index contributed by atoms with van der Waals surface area (Å²) in [5.41, 5.74) is 2.50. The highest BCUT2D eigenvalue weighted by atomic mass is 35.5. The lowest BCUT2D eigenvalue weighted by molar-refractivity contribution is -0.139. The minimum absolute atomic E-state index is 0.109. The Hall–Kier alpha value is -2.54. The lowest BCUT2D eigenvalue weighted by atomic mass is 9.94. The van der Waals surface area contributed by atoms with E-state index in [-0.39, 0.29) is 36.0 Å². The molecule has 0 spiro atoms. The molecule has 4 nitrogen and oxygen atoms in total. The third-order valence-corrected chi connectivity index (χ3v) is 8.72. The number of hydrogen-bond acceptors (Lipinski definition) is 3. The Morgan fingerprint density at radius 1 is 0.897 bits per heavy atom. The number of carbonyl (C=O) groups is 2. The van der Waals surface area contributed by atoms with Crippen LogP contribution in [0, 0.1) is 5.82 Å². The third-order valence-electron chi connectivity index (χ3n) is 7.02. The quantitative estimate of drug-likeness (QED) is 0.254. The van der Waals surface area contributed by atoms with Gasteiger partial charge in [0.15, 0.2) is 0 Å². The summed E-state index contributed by atoms with van der Waals surface area (Å²) < 4.78 is 13.3. The second-order valence-corrected chi connectivity index (χ2v) is 11.7. The van der Waals surface area contributed by atoms with Crippen LogP contribution in [0.3, 0.4) is 0 Å². The van der Waals surface area contributed by atoms with Crippen molar-refractivity contribution in [3.05, 3.63) is 105 Å². The lowest BCUT2D eigenvalue weighted by Crippen LogP contribution is -2.53. The second-order valence-electron chi connectivity index (χ2n) is 9.89. The average molecular weight is 588 g/mol. The van der Waals surface area contributed by atoms with E-state index in [1.807, 2.05) is 30.3 Å². The number of thioether (sulfide) groups is 1. The number of hydrogen-bond donors (Lipinski definition) is 1. The van der Waals surface area contributed by atoms with Crippen LogP contribution in [0.1, 0.15) is 48.8 Å². The molecule has 206 valence electrons. The van der Waals surface area contributed by atoms with E-state index in [2.05, 4.69) is 5.32 Å². The van der Waals surface area contributed by atoms with Crippen molar-refractivity contribution >= 4 is 46.8 Å². The highest BCUT2D eigenvalue weighted by molar-refractivity contribution is 7.99. The zero-order valence-corrected chi connectivity index (χ0v) is 24.1. The van der Waals surface area contributed by atoms with E-state index in [9.17, 15) is 14.0 Å². The summed E-state index contributed by atoms with van der Waals surface area (Å²) in [5, 5.41) is 4.13. The molecule has 3 aromatic carbocycles. The maximum atomic E-state index is 13.8. The number of nitrogens with zero attached hydrogens (tertiary/aromatic N) is 1. The molecule has 4 rings (SSSR count). The number of amides is 2. The monoisotopic (exact) mass is 586 g/mol. The predicted octanol–water partition coefficient (Wildman–Crippen LogP) is 7.45. The van der Waals surface area contributed by atoms with Crippen LogP contribution >= 0.6 is 35.0 Å². The maximum Gasteiger partial charge on any atom is 0.243 e. The Bertz CT molecular complexity index is 1220. The van der Waals surface area contributed by atoms with Gasteiger partial charge in [-0.1, -0.05) is 91.0 Å². The van der Waals surface area contributed by atoms with Gasteiger partial charge in [0.1, 0.15) is 11.9 Å². The van der Waals surface area contributed by atoms with Gasteiger partial charge >= 0.3 is 0 Å². The molecule has 0 aliphatic heterocycles. The fourth-order valence-electron chi connectivity index (χ4n) is 4.87. The highest BCUT2D eigenvalue weighted by Crippen LogP contribution is 2.28. The molecule has 1 fully saturated rings. The SMILES string of the molecule is O=C(NC1CCCCC1)C(Cc1ccccc1)N(Cc1c(Cl)cccc1Cl)C(=O)CSCc1ccc(F)cc1. The van der Waals surface area contributed by atoms with Crippen molar-refractivity contribution in [2.24, 2.45) is 0 Å². The van der Waals surface area contributed by atoms with Gasteiger partial charge in [0.05, 0.1) is 5.75 Å². The van der Waals surface area contributed by atoms with E-state index in [1.54, 1.807) is 35.2 Å². The van der Waals surface area contributed by atoms with Gasteiger partial charge in [0, 0.05) is 40.4 Å². The van der Waals surface area contributed by atoms with Gasteiger partial charge < -0.3 is 10.2 Å². The fourth-order valence-corrected chi connectivity index (χ4v) is 6.26. The minimum Gasteiger partial charge on any atom is -0.352 e. The lowest BCUT2D eigenvalue weighted by Gasteiger charge is -2.34. The molecule has 1 atom stereocenters. The zero-order chi connectivity index (χ0) is 27.6. The summed E-state index contributed by atoms with van der Waals surface area (Å²) in [6, 6.07) is 20.6. The van der Waals surface area contributed by atoms with Crippen molar-refractivity contribution in [1.82, 2.24) is 10.2 Å². The van der Waals surface area contributed by atoms with Gasteiger partial charge in [0.2, 0.25) is 11.8 Å². The molecule has 0 radical (unpaired) electrons. The normalized spacial score (nSPS) is 14.5. The number of rotatable bonds is 11. The molecule has 1 saturated carbocycles. The number of benzene rings is 3. The smallest absolute Gasteiger partial charge is 0.243 e. The van der Waals surface area contributed by atoms with Crippen LogP contribution in [-0.2, 0) is 28.3 Å². The van der Waals surface area contributed by atoms with E-state index >= 15 is 0 Å². The first-order valence-corrected chi connectivity index (χ1v) is 15.2. The molecule has 0 bridgehead atoms. The first-order valence-electron chi connectivity index (χ1n) is 13.3. The van der Waals surface area contributed by atoms with Gasteiger partial charge in [-0.3, -0.25) is 9.59 Å². The third kappa shape index (κ3) is 8.72. The number of carbonyl (C=O) groups excluding carboxylic acids is 2. The average Bonchev–Trinajstić information content (AvgIpc) is 2.94. The molecule has 1 unspecified atom stereocenters. The highest BCUT2D eigenvalue weighted by Gasteiger charge is 2.32. The van der Waals surface area contributed by atoms with Gasteiger partial charge in [-0.05, 0) is 48.2 Å². The van der Waals surface area contributed by atoms with Crippen LogP contribution in [0.25, 0.3) is 0 Å². The molecule has 0 heterocycles. The van der Waals surface area contributed by atoms with Crippen LogP contribution in [-0.4, -0.2) is 34.6 Å². The molecule has 3 aromatic rings. The maximum absolute atomic E-state index is 13.8. The standard InChI is InChI=1S/C31H33Cl2FN2O2S/c32-27-12-7-13-28(33)26(27)19-36(30(37)21-39-20-23-14-16-24(34)17-15-23)29(18-22-8-3-1-4-9-22)31(38)35-25-10-5-2-6-11-25/h1,3-4,7-9,12-17,25,29H,2,5-6,10-11,18-21H2,(H,35,38). The minimum atomic E-state index is -0.736. The van der Waals surface area contributed by atoms with Crippen LogP contribution in [0.2, 0.25) is 10.0 Å². The molecule has 0 aromatic heterocycles. The molecular weight excluding hydrogens is 554 g/mol. The van der Waals surface area contributed by atoms with Gasteiger partial charge in [-0.2, -0.15) is 0 Å². The number of nitrogens with one attached hydrogen (secondary N) is 1. The van der Waals surface area contributed by atoms with E-state index in [0.717, 1.165) is 36.8 Å². The topological polar surface area (TPSA) is 49.4 Å². The molecule has 1 aliphatic carbocycles. The molecule has 1 N–H and O–H groups in total. The predicted molar refractivity (Wildman–Crippen MR) is 159 cm³/mol. The Balaban J connectivity index is 1.60. The summed E-state index contributed by atoms with van der Waals surface area (Å²) in [6.45, 7) is 0.115. The zero-order valence-electron chi connectivity index (χ0n) is 21.8. The number of halogens is 3. The first kappa shape index (κ1) is 29.4. The van der Waals surface area contributed by atoms with Crippen molar-refractivity contribution in [2.45, 2.75) is 62.9 Å². The first-order chi connectivity index (χ1) is 18.9. The van der Waals surface area contributed by atoms with Crippen LogP contribution in [0.5, 0.6) is 0 Å². The molecule has 0 saturated heterocycles. The Kier molecular flexibility index (Phi) is 11.1. The van der Waals surface area contributed by atoms with E-state index in [1.165, 1.54) is 30.3 Å². The van der Waals surface area contributed by atoms with E-state index in [0.29, 0.717) is 27.8 Å². The summed E-state index contributed by atoms with van der Waals surface area (Å²) in [6.07, 6.45) is 5.62. The van der Waals surface area contributed by atoms with Gasteiger partial charge in [-0.15, -0.1) is 11.8 Å². The van der Waals surface area contributed by atoms with Crippen molar-refractivity contribution in [3.63, 3.8) is 0 Å². The van der Waals surface area contributed by atoms with E-state index in [4.69, 9.17) is 23.2 Å². The van der Waals surface area contributed by atoms with Crippen LogP contribution in [0.15, 0.2) is 72.8 Å². The summed E-state index contributed by atoms with van der Waals surface area (Å²) in [7, 11) is 0. The molecule has 2 amide bonds. The molecular formula is C31H33Cl2FN2O2S. The Morgan fingerprint density at radius 2 is 1.56 bits per heavy atom. The van der Waals surface area contributed by atoms with E-state index < -0.39 is 6.04 Å². The van der Waals surface area contributed by atoms with Crippen molar-refractivity contribution in [2.75, 3.05) is 5.75 Å². The largest absolute Gasteiger partial charge is 0.352 e.